The Morgan fingerprint density at radius 3 is 3.04 bits per heavy atom. The smallest absolute Gasteiger partial charge is 0.224 e. The number of nitrogens with zero attached hydrogens (tertiary/aromatic N) is 2. The number of carbonyl (C=O) groups is 1. The van der Waals surface area contributed by atoms with Crippen molar-refractivity contribution in [2.45, 2.75) is 12.8 Å². The molecule has 0 radical (unpaired) electrons. The Bertz CT molecular complexity index is 753. The highest BCUT2D eigenvalue weighted by Crippen LogP contribution is 2.21. The van der Waals surface area contributed by atoms with Crippen LogP contribution < -0.4 is 10.6 Å². The van der Waals surface area contributed by atoms with Gasteiger partial charge < -0.3 is 10.6 Å². The van der Waals surface area contributed by atoms with Crippen LogP contribution in [0.3, 0.4) is 0 Å². The molecule has 0 aliphatic heterocycles. The summed E-state index contributed by atoms with van der Waals surface area (Å²) in [5.74, 6) is -0.0572. The average Bonchev–Trinajstić information content (AvgIpc) is 2.92. The van der Waals surface area contributed by atoms with Gasteiger partial charge in [0.2, 0.25) is 5.91 Å². The van der Waals surface area contributed by atoms with Crippen LogP contribution in [0, 0.1) is 0 Å². The van der Waals surface area contributed by atoms with E-state index in [1.54, 1.807) is 10.9 Å². The molecule has 0 aromatic carbocycles. The first-order chi connectivity index (χ1) is 12.1. The number of rotatable bonds is 7. The molecule has 1 aliphatic carbocycles. The molecule has 0 bridgehead atoms. The molecule has 1 aromatic rings. The molecule has 1 amide bonds. The summed E-state index contributed by atoms with van der Waals surface area (Å²) in [6, 6.07) is 0. The molecule has 2 rings (SSSR count). The number of hydrogen-bond donors (Lipinski definition) is 2. The van der Waals surface area contributed by atoms with Gasteiger partial charge in [-0.15, -0.1) is 0 Å². The predicted molar refractivity (Wildman–Crippen MR) is 103 cm³/mol. The van der Waals surface area contributed by atoms with Crippen molar-refractivity contribution in [1.82, 2.24) is 20.4 Å². The van der Waals surface area contributed by atoms with Gasteiger partial charge in [-0.25, -0.2) is 0 Å². The van der Waals surface area contributed by atoms with Gasteiger partial charge in [0, 0.05) is 49.2 Å². The zero-order valence-corrected chi connectivity index (χ0v) is 15.3. The van der Waals surface area contributed by atoms with Crippen molar-refractivity contribution in [3.8, 4) is 0 Å². The fourth-order valence-electron chi connectivity index (χ4n) is 2.34. The predicted octanol–water partition coefficient (Wildman–Crippen LogP) is 3.05. The molecule has 1 aliphatic rings. The Balaban J connectivity index is 1.87. The van der Waals surface area contributed by atoms with E-state index in [4.69, 9.17) is 11.6 Å². The van der Waals surface area contributed by atoms with Crippen LogP contribution in [0.4, 0.5) is 0 Å². The minimum atomic E-state index is -0.0572. The van der Waals surface area contributed by atoms with Crippen molar-refractivity contribution in [2.75, 3.05) is 13.6 Å². The molecular weight excluding hydrogens is 336 g/mol. The molecule has 25 heavy (non-hydrogen) atoms. The van der Waals surface area contributed by atoms with Gasteiger partial charge in [-0.05, 0) is 12.0 Å². The molecule has 5 nitrogen and oxygen atoms in total. The fourth-order valence-corrected chi connectivity index (χ4v) is 2.55. The summed E-state index contributed by atoms with van der Waals surface area (Å²) < 4.78 is 1.75. The minimum absolute atomic E-state index is 0.0572. The van der Waals surface area contributed by atoms with Gasteiger partial charge in [-0.1, -0.05) is 48.1 Å². The molecule has 1 aromatic heterocycles. The largest absolute Gasteiger partial charge is 0.393 e. The van der Waals surface area contributed by atoms with Crippen LogP contribution in [0.15, 0.2) is 65.7 Å². The molecule has 6 heteroatoms. The number of aromatic nitrogens is 2. The van der Waals surface area contributed by atoms with E-state index in [0.717, 1.165) is 23.1 Å². The fraction of sp³-hybridized carbons (Fsp3) is 0.263. The molecule has 0 saturated carbocycles. The van der Waals surface area contributed by atoms with Crippen molar-refractivity contribution < 1.29 is 4.79 Å². The number of hydrogen-bond acceptors (Lipinski definition) is 3. The molecule has 2 N–H and O–H groups in total. The Morgan fingerprint density at radius 1 is 1.48 bits per heavy atom. The Morgan fingerprint density at radius 2 is 2.32 bits per heavy atom. The molecule has 0 fully saturated rings. The van der Waals surface area contributed by atoms with Crippen LogP contribution in [0.5, 0.6) is 0 Å². The second-order valence-corrected chi connectivity index (χ2v) is 5.99. The number of aryl methyl sites for hydroxylation is 1. The first-order valence-electron chi connectivity index (χ1n) is 8.11. The number of halogens is 1. The zero-order chi connectivity index (χ0) is 18.1. The lowest BCUT2D eigenvalue weighted by atomic mass is 10.1. The normalized spacial score (nSPS) is 14.9. The van der Waals surface area contributed by atoms with Gasteiger partial charge >= 0.3 is 0 Å². The summed E-state index contributed by atoms with van der Waals surface area (Å²) in [5.41, 5.74) is 2.84. The third-order valence-corrected chi connectivity index (χ3v) is 3.97. The maximum atomic E-state index is 12.1. The van der Waals surface area contributed by atoms with E-state index in [2.05, 4.69) is 15.7 Å². The molecule has 0 saturated heterocycles. The summed E-state index contributed by atoms with van der Waals surface area (Å²) in [5, 5.41) is 10.7. The summed E-state index contributed by atoms with van der Waals surface area (Å²) in [4.78, 5) is 12.1. The van der Waals surface area contributed by atoms with Gasteiger partial charge in [0.1, 0.15) is 0 Å². The van der Waals surface area contributed by atoms with E-state index in [-0.39, 0.29) is 12.3 Å². The van der Waals surface area contributed by atoms with Gasteiger partial charge in [0.25, 0.3) is 0 Å². The van der Waals surface area contributed by atoms with E-state index < -0.39 is 0 Å². The summed E-state index contributed by atoms with van der Waals surface area (Å²) in [6.07, 6.45) is 18.3. The molecule has 132 valence electrons. The summed E-state index contributed by atoms with van der Waals surface area (Å²) >= 11 is 6.18. The van der Waals surface area contributed by atoms with Crippen molar-refractivity contribution in [3.05, 3.63) is 71.2 Å². The lowest BCUT2D eigenvalue weighted by Crippen LogP contribution is -2.23. The van der Waals surface area contributed by atoms with Crippen molar-refractivity contribution in [3.63, 3.8) is 0 Å². The maximum Gasteiger partial charge on any atom is 0.224 e. The van der Waals surface area contributed by atoms with E-state index in [9.17, 15) is 4.79 Å². The van der Waals surface area contributed by atoms with E-state index in [0.29, 0.717) is 11.6 Å². The lowest BCUT2D eigenvalue weighted by molar-refractivity contribution is -0.120. The number of carbonyl (C=O) groups excluding carboxylic acids is 1. The second kappa shape index (κ2) is 9.69. The van der Waals surface area contributed by atoms with Crippen LogP contribution in [-0.4, -0.2) is 29.3 Å². The van der Waals surface area contributed by atoms with Crippen LogP contribution in [0.25, 0.3) is 5.57 Å². The summed E-state index contributed by atoms with van der Waals surface area (Å²) in [6.45, 7) is 0.449. The second-order valence-electron chi connectivity index (χ2n) is 5.58. The topological polar surface area (TPSA) is 58.9 Å². The van der Waals surface area contributed by atoms with E-state index in [1.807, 2.05) is 62.9 Å². The monoisotopic (exact) mass is 358 g/mol. The first kappa shape index (κ1) is 18.8. The highest BCUT2D eigenvalue weighted by Gasteiger charge is 2.09. The highest BCUT2D eigenvalue weighted by atomic mass is 35.5. The maximum absolute atomic E-state index is 12.1. The van der Waals surface area contributed by atoms with Crippen LogP contribution in [-0.2, 0) is 11.8 Å². The Labute approximate surface area is 153 Å². The number of amides is 1. The standard InChI is InChI=1S/C19H23ClN4O/c1-21-12-16(17-13-23-24(2)14-17)8-6-10-22-19(25)11-15-7-4-3-5-9-18(15)20/h3-4,6-9,12-14,21H,5,10-11H2,1-2H3,(H,22,25)/b8-6-,16-12+. The molecule has 0 atom stereocenters. The lowest BCUT2D eigenvalue weighted by Gasteiger charge is -2.06. The van der Waals surface area contributed by atoms with Crippen LogP contribution >= 0.6 is 11.6 Å². The SMILES string of the molecule is CN/C=C(\C=C/CNC(=O)CC1=CC=CCC=C1Cl)c1cnn(C)c1. The highest BCUT2D eigenvalue weighted by molar-refractivity contribution is 6.32. The van der Waals surface area contributed by atoms with Crippen molar-refractivity contribution >= 4 is 23.1 Å². The van der Waals surface area contributed by atoms with Crippen LogP contribution in [0.1, 0.15) is 18.4 Å². The van der Waals surface area contributed by atoms with Gasteiger partial charge in [-0.2, -0.15) is 5.10 Å². The molecule has 0 spiro atoms. The van der Waals surface area contributed by atoms with Crippen molar-refractivity contribution in [1.29, 1.82) is 0 Å². The van der Waals surface area contributed by atoms with Gasteiger partial charge in [-0.3, -0.25) is 9.48 Å². The minimum Gasteiger partial charge on any atom is -0.393 e. The first-order valence-corrected chi connectivity index (χ1v) is 8.49. The van der Waals surface area contributed by atoms with Gasteiger partial charge in [0.15, 0.2) is 0 Å². The quantitative estimate of drug-likeness (QED) is 0.736. The average molecular weight is 359 g/mol. The molecular formula is C19H23ClN4O. The Hall–Kier alpha value is -2.53. The van der Waals surface area contributed by atoms with Crippen molar-refractivity contribution in [2.24, 2.45) is 7.05 Å². The van der Waals surface area contributed by atoms with E-state index >= 15 is 0 Å². The van der Waals surface area contributed by atoms with Gasteiger partial charge in [0.05, 0.1) is 12.6 Å². The number of allylic oxidation sites excluding steroid dienone is 7. The zero-order valence-electron chi connectivity index (χ0n) is 14.5. The summed E-state index contributed by atoms with van der Waals surface area (Å²) in [7, 11) is 3.72. The molecule has 0 unspecified atom stereocenters. The number of nitrogens with one attached hydrogen (secondary N) is 2. The third-order valence-electron chi connectivity index (χ3n) is 3.58. The van der Waals surface area contributed by atoms with E-state index in [1.165, 1.54) is 0 Å². The molecule has 1 heterocycles. The van der Waals surface area contributed by atoms with Crippen LogP contribution in [0.2, 0.25) is 0 Å². The third kappa shape index (κ3) is 6.12. The Kier molecular flexibility index (Phi) is 7.29.